The quantitative estimate of drug-likeness (QED) is 0.719. The minimum Gasteiger partial charge on any atom is -0.493 e. The zero-order chi connectivity index (χ0) is 19.9. The summed E-state index contributed by atoms with van der Waals surface area (Å²) in [5, 5.41) is 0. The Morgan fingerprint density at radius 3 is 2.71 bits per heavy atom. The maximum absolute atomic E-state index is 12.8. The Labute approximate surface area is 164 Å². The second-order valence-corrected chi connectivity index (χ2v) is 6.47. The molecule has 0 saturated carbocycles. The van der Waals surface area contributed by atoms with Crippen molar-refractivity contribution in [3.63, 3.8) is 0 Å². The maximum Gasteiger partial charge on any atom is 0.319 e. The van der Waals surface area contributed by atoms with E-state index in [1.54, 1.807) is 26.5 Å². The average molecular weight is 387 g/mol. The first-order chi connectivity index (χ1) is 13.6. The number of rotatable bonds is 7. The number of amides is 1. The third kappa shape index (κ3) is 4.82. The fraction of sp³-hybridized carbons (Fsp3) is 0.450. The first-order valence-electron chi connectivity index (χ1n) is 9.15. The number of benzene rings is 1. The van der Waals surface area contributed by atoms with Crippen LogP contribution in [0.5, 0.6) is 23.4 Å². The zero-order valence-electron chi connectivity index (χ0n) is 16.4. The van der Waals surface area contributed by atoms with Crippen molar-refractivity contribution in [2.24, 2.45) is 0 Å². The average Bonchev–Trinajstić information content (AvgIpc) is 2.74. The number of carbonyl (C=O) groups is 1. The maximum atomic E-state index is 12.8. The lowest BCUT2D eigenvalue weighted by Crippen LogP contribution is -2.45. The van der Waals surface area contributed by atoms with Crippen molar-refractivity contribution in [3.8, 4) is 23.4 Å². The van der Waals surface area contributed by atoms with Crippen LogP contribution in [0.2, 0.25) is 0 Å². The third-order valence-electron chi connectivity index (χ3n) is 4.61. The summed E-state index contributed by atoms with van der Waals surface area (Å²) in [5.41, 5.74) is 0.881. The van der Waals surface area contributed by atoms with Gasteiger partial charge in [-0.05, 0) is 30.5 Å². The van der Waals surface area contributed by atoms with Crippen molar-refractivity contribution in [3.05, 3.63) is 36.0 Å². The highest BCUT2D eigenvalue weighted by molar-refractivity contribution is 5.79. The van der Waals surface area contributed by atoms with Gasteiger partial charge in [0.2, 0.25) is 11.8 Å². The van der Waals surface area contributed by atoms with E-state index in [9.17, 15) is 4.79 Å². The Balaban J connectivity index is 1.61. The van der Waals surface area contributed by atoms with Crippen LogP contribution >= 0.6 is 0 Å². The Morgan fingerprint density at radius 1 is 1.14 bits per heavy atom. The van der Waals surface area contributed by atoms with Crippen LogP contribution in [-0.2, 0) is 11.2 Å². The molecule has 1 aliphatic heterocycles. The molecule has 150 valence electrons. The Morgan fingerprint density at radius 2 is 1.96 bits per heavy atom. The van der Waals surface area contributed by atoms with Crippen LogP contribution < -0.4 is 18.9 Å². The summed E-state index contributed by atoms with van der Waals surface area (Å²) in [6, 6.07) is 7.47. The number of hydrogen-bond acceptors (Lipinski definition) is 7. The zero-order valence-corrected chi connectivity index (χ0v) is 16.4. The lowest BCUT2D eigenvalue weighted by atomic mass is 10.1. The van der Waals surface area contributed by atoms with E-state index in [2.05, 4.69) is 9.97 Å². The second kappa shape index (κ2) is 9.25. The van der Waals surface area contributed by atoms with Crippen LogP contribution in [0.25, 0.3) is 0 Å². The summed E-state index contributed by atoms with van der Waals surface area (Å²) in [6.07, 6.45) is 3.53. The van der Waals surface area contributed by atoms with Gasteiger partial charge in [0, 0.05) is 18.8 Å². The van der Waals surface area contributed by atoms with E-state index in [4.69, 9.17) is 18.9 Å². The summed E-state index contributed by atoms with van der Waals surface area (Å²) >= 11 is 0. The summed E-state index contributed by atoms with van der Waals surface area (Å²) in [7, 11) is 4.68. The molecule has 2 aromatic rings. The Bertz CT molecular complexity index is 814. The van der Waals surface area contributed by atoms with E-state index < -0.39 is 0 Å². The molecule has 1 amide bonds. The molecule has 2 heterocycles. The molecule has 0 aliphatic carbocycles. The van der Waals surface area contributed by atoms with E-state index in [1.165, 1.54) is 7.11 Å². The number of hydrogen-bond donors (Lipinski definition) is 0. The van der Waals surface area contributed by atoms with E-state index in [1.807, 2.05) is 23.1 Å². The first-order valence-corrected chi connectivity index (χ1v) is 9.15. The minimum atomic E-state index is -0.109. The molecule has 8 heteroatoms. The number of nitrogens with zero attached hydrogens (tertiary/aromatic N) is 3. The van der Waals surface area contributed by atoms with Crippen molar-refractivity contribution < 1.29 is 23.7 Å². The van der Waals surface area contributed by atoms with Gasteiger partial charge in [-0.1, -0.05) is 6.07 Å². The second-order valence-electron chi connectivity index (χ2n) is 6.47. The van der Waals surface area contributed by atoms with Gasteiger partial charge in [-0.25, -0.2) is 4.98 Å². The van der Waals surface area contributed by atoms with Crippen LogP contribution in [-0.4, -0.2) is 61.3 Å². The predicted octanol–water partition coefficient (Wildman–Crippen LogP) is 2.11. The van der Waals surface area contributed by atoms with Crippen LogP contribution in [0.1, 0.15) is 18.4 Å². The largest absolute Gasteiger partial charge is 0.493 e. The molecular formula is C20H25N3O5. The molecular weight excluding hydrogens is 362 g/mol. The fourth-order valence-corrected chi connectivity index (χ4v) is 3.20. The number of piperidine rings is 1. The van der Waals surface area contributed by atoms with Gasteiger partial charge < -0.3 is 23.8 Å². The highest BCUT2D eigenvalue weighted by Gasteiger charge is 2.25. The molecule has 1 aromatic carbocycles. The van der Waals surface area contributed by atoms with Gasteiger partial charge in [0.15, 0.2) is 11.5 Å². The van der Waals surface area contributed by atoms with Gasteiger partial charge in [-0.3, -0.25) is 4.79 Å². The number of carbonyl (C=O) groups excluding carboxylic acids is 1. The number of likely N-dealkylation sites (tertiary alicyclic amines) is 1. The molecule has 3 rings (SSSR count). The van der Waals surface area contributed by atoms with Crippen LogP contribution in [0, 0.1) is 0 Å². The van der Waals surface area contributed by atoms with Crippen LogP contribution in [0.4, 0.5) is 0 Å². The molecule has 0 radical (unpaired) electrons. The summed E-state index contributed by atoms with van der Waals surface area (Å²) in [6.45, 7) is 1.25. The van der Waals surface area contributed by atoms with Crippen LogP contribution in [0.3, 0.4) is 0 Å². The van der Waals surface area contributed by atoms with Gasteiger partial charge in [0.25, 0.3) is 0 Å². The highest BCUT2D eigenvalue weighted by Crippen LogP contribution is 2.28. The summed E-state index contributed by atoms with van der Waals surface area (Å²) < 4.78 is 21.5. The Hall–Kier alpha value is -3.03. The van der Waals surface area contributed by atoms with Crippen molar-refractivity contribution in [2.75, 3.05) is 34.4 Å². The van der Waals surface area contributed by atoms with Gasteiger partial charge in [-0.15, -0.1) is 0 Å². The fourth-order valence-electron chi connectivity index (χ4n) is 3.20. The number of ether oxygens (including phenoxy) is 4. The predicted molar refractivity (Wildman–Crippen MR) is 102 cm³/mol. The van der Waals surface area contributed by atoms with Crippen molar-refractivity contribution in [1.29, 1.82) is 0 Å². The molecule has 28 heavy (non-hydrogen) atoms. The minimum absolute atomic E-state index is 0.0563. The molecule has 1 aliphatic rings. The normalized spacial score (nSPS) is 16.4. The molecule has 1 atom stereocenters. The summed E-state index contributed by atoms with van der Waals surface area (Å²) in [5.74, 6) is 1.77. The summed E-state index contributed by atoms with van der Waals surface area (Å²) in [4.78, 5) is 22.8. The molecule has 1 unspecified atom stereocenters. The lowest BCUT2D eigenvalue weighted by molar-refractivity contribution is -0.133. The standard InChI is InChI=1S/C20H25N3O5/c1-25-16-7-6-14(11-17(16)26-2)12-19(24)23-10-4-5-15(13-23)28-18-8-9-21-20(22-18)27-3/h6-9,11,15H,4-5,10,12-13H2,1-3H3. The van der Waals surface area contributed by atoms with Gasteiger partial charge in [0.05, 0.1) is 34.3 Å². The SMILES string of the molecule is COc1nccc(OC2CCCN(C(=O)Cc3ccc(OC)c(OC)c3)C2)n1. The van der Waals surface area contributed by atoms with Gasteiger partial charge >= 0.3 is 6.01 Å². The van der Waals surface area contributed by atoms with Crippen molar-refractivity contribution in [1.82, 2.24) is 14.9 Å². The molecule has 1 saturated heterocycles. The van der Waals surface area contributed by atoms with E-state index >= 15 is 0 Å². The lowest BCUT2D eigenvalue weighted by Gasteiger charge is -2.32. The Kier molecular flexibility index (Phi) is 6.52. The number of aromatic nitrogens is 2. The van der Waals surface area contributed by atoms with E-state index in [0.717, 1.165) is 24.9 Å². The topological polar surface area (TPSA) is 83.0 Å². The monoisotopic (exact) mass is 387 g/mol. The molecule has 0 spiro atoms. The number of methoxy groups -OCH3 is 3. The van der Waals surface area contributed by atoms with Gasteiger partial charge in [0.1, 0.15) is 6.10 Å². The smallest absolute Gasteiger partial charge is 0.319 e. The van der Waals surface area contributed by atoms with Crippen LogP contribution in [0.15, 0.2) is 30.5 Å². The highest BCUT2D eigenvalue weighted by atomic mass is 16.5. The molecule has 1 fully saturated rings. The third-order valence-corrected chi connectivity index (χ3v) is 4.61. The molecule has 0 bridgehead atoms. The molecule has 8 nitrogen and oxygen atoms in total. The molecule has 0 N–H and O–H groups in total. The van der Waals surface area contributed by atoms with Crippen molar-refractivity contribution in [2.45, 2.75) is 25.4 Å². The van der Waals surface area contributed by atoms with E-state index in [-0.39, 0.29) is 18.0 Å². The first kappa shape index (κ1) is 19.7. The molecule has 1 aromatic heterocycles. The van der Waals surface area contributed by atoms with E-state index in [0.29, 0.717) is 30.3 Å². The van der Waals surface area contributed by atoms with Gasteiger partial charge in [-0.2, -0.15) is 4.98 Å². The van der Waals surface area contributed by atoms with Crippen molar-refractivity contribution >= 4 is 5.91 Å².